The van der Waals surface area contributed by atoms with Gasteiger partial charge in [-0.25, -0.2) is 0 Å². The Morgan fingerprint density at radius 2 is 1.84 bits per heavy atom. The number of piperidine rings is 1. The number of phenolic OH excluding ortho intramolecular Hbond substituents is 1. The molecule has 0 aliphatic carbocycles. The quantitative estimate of drug-likeness (QED) is 0.659. The lowest BCUT2D eigenvalue weighted by Gasteiger charge is -2.45. The zero-order chi connectivity index (χ0) is 22.7. The van der Waals surface area contributed by atoms with Crippen LogP contribution in [0.15, 0.2) is 48.8 Å². The molecule has 2 aliphatic heterocycles. The topological polar surface area (TPSA) is 66.2 Å². The van der Waals surface area contributed by atoms with Crippen molar-refractivity contribution in [3.05, 3.63) is 48.8 Å². The maximum absolute atomic E-state index is 10.6. The minimum absolute atomic E-state index is 0.157. The number of benzene rings is 1. The highest BCUT2D eigenvalue weighted by molar-refractivity contribution is 5.74. The molecule has 2 aromatic heterocycles. The molecular weight excluding hydrogens is 386 g/mol. The Morgan fingerprint density at radius 1 is 1.10 bits per heavy atom. The lowest BCUT2D eigenvalue weighted by Crippen LogP contribution is -2.58. The van der Waals surface area contributed by atoms with Gasteiger partial charge in [0, 0.05) is 49.1 Å². The van der Waals surface area contributed by atoms with Crippen molar-refractivity contribution < 1.29 is 6.48 Å². The molecule has 2 aliphatic rings. The third-order valence-electron chi connectivity index (χ3n) is 7.13. The van der Waals surface area contributed by atoms with E-state index < -0.39 is 0 Å². The van der Waals surface area contributed by atoms with Crippen molar-refractivity contribution in [2.45, 2.75) is 56.7 Å². The van der Waals surface area contributed by atoms with E-state index in [-0.39, 0.29) is 16.8 Å². The summed E-state index contributed by atoms with van der Waals surface area (Å²) in [7, 11) is 3.95. The molecule has 2 N–H and O–H groups in total. The molecule has 4 heterocycles. The molecule has 6 nitrogen and oxygen atoms in total. The summed E-state index contributed by atoms with van der Waals surface area (Å²) >= 11 is 0. The minimum atomic E-state index is 0.157. The molecule has 1 aromatic carbocycles. The highest BCUT2D eigenvalue weighted by Crippen LogP contribution is 2.43. The SMILES string of the molecule is [2H]c1cc(-c2ccc(-c3ccc(N(C)C4C[C@]5(C)CC[C@](C)(C4)N5)nn3)c(O)c2)cn1C. The summed E-state index contributed by atoms with van der Waals surface area (Å²) in [4.78, 5) is 2.26. The maximum Gasteiger partial charge on any atom is 0.151 e. The first kappa shape index (κ1) is 18.9. The molecule has 0 saturated carbocycles. The Kier molecular flexibility index (Phi) is 4.32. The summed E-state index contributed by atoms with van der Waals surface area (Å²) < 4.78 is 9.62. The van der Waals surface area contributed by atoms with E-state index in [1.54, 1.807) is 16.7 Å². The van der Waals surface area contributed by atoms with Crippen LogP contribution in [-0.4, -0.2) is 44.0 Å². The number of hydrogen-bond donors (Lipinski definition) is 2. The van der Waals surface area contributed by atoms with Gasteiger partial charge in [0.15, 0.2) is 5.82 Å². The second-order valence-electron chi connectivity index (χ2n) is 9.90. The Morgan fingerprint density at radius 3 is 2.42 bits per heavy atom. The van der Waals surface area contributed by atoms with E-state index in [2.05, 4.69) is 41.3 Å². The van der Waals surface area contributed by atoms with Crippen LogP contribution in [-0.2, 0) is 7.05 Å². The van der Waals surface area contributed by atoms with Crippen molar-refractivity contribution in [2.75, 3.05) is 11.9 Å². The van der Waals surface area contributed by atoms with E-state index in [1.807, 2.05) is 37.5 Å². The summed E-state index contributed by atoms with van der Waals surface area (Å²) in [6, 6.07) is 11.7. The van der Waals surface area contributed by atoms with Gasteiger partial charge in [0.1, 0.15) is 5.75 Å². The second-order valence-corrected chi connectivity index (χ2v) is 9.90. The average molecular weight is 419 g/mol. The van der Waals surface area contributed by atoms with E-state index in [0.29, 0.717) is 23.5 Å². The number of aryl methyl sites for hydroxylation is 1. The lowest BCUT2D eigenvalue weighted by atomic mass is 9.84. The average Bonchev–Trinajstić information content (AvgIpc) is 3.21. The van der Waals surface area contributed by atoms with E-state index in [1.165, 1.54) is 12.8 Å². The normalized spacial score (nSPS) is 27.9. The Labute approximate surface area is 185 Å². The number of nitrogens with one attached hydrogen (secondary N) is 1. The molecule has 0 radical (unpaired) electrons. The van der Waals surface area contributed by atoms with Crippen LogP contribution in [0.1, 0.15) is 40.9 Å². The molecule has 2 fully saturated rings. The number of fused-ring (bicyclic) bond motifs is 2. The monoisotopic (exact) mass is 418 g/mol. The van der Waals surface area contributed by atoms with Gasteiger partial charge in [-0.3, -0.25) is 0 Å². The number of anilines is 1. The van der Waals surface area contributed by atoms with E-state index in [4.69, 9.17) is 1.37 Å². The van der Waals surface area contributed by atoms with Gasteiger partial charge in [0.05, 0.1) is 7.06 Å². The van der Waals surface area contributed by atoms with Crippen molar-refractivity contribution in [3.8, 4) is 28.1 Å². The summed E-state index contributed by atoms with van der Waals surface area (Å²) in [5.74, 6) is 1.01. The van der Waals surface area contributed by atoms with Crippen LogP contribution in [0.4, 0.5) is 5.82 Å². The van der Waals surface area contributed by atoms with E-state index in [0.717, 1.165) is 29.8 Å². The highest BCUT2D eigenvalue weighted by atomic mass is 16.3. The van der Waals surface area contributed by atoms with Gasteiger partial charge in [-0.2, -0.15) is 0 Å². The number of phenols is 1. The number of aromatic hydroxyl groups is 1. The molecule has 0 spiro atoms. The number of rotatable bonds is 4. The Hall–Kier alpha value is -2.86. The molecular formula is C25H31N5O. The Bertz CT molecular complexity index is 1120. The first-order chi connectivity index (χ1) is 15.1. The van der Waals surface area contributed by atoms with E-state index in [9.17, 15) is 5.11 Å². The standard InChI is InChI=1S/C25H31N5O/c1-24-10-11-25(2,28-24)15-19(14-24)30(4)23-8-7-21(26-27-23)20-6-5-17(13-22(20)31)18-9-12-29(3)16-18/h5-9,12-13,16,19,28,31H,10-11,14-15H2,1-4H3/t19?,24-,25+/i12D. The third-order valence-corrected chi connectivity index (χ3v) is 7.13. The van der Waals surface area contributed by atoms with Crippen LogP contribution >= 0.6 is 0 Å². The molecule has 6 heteroatoms. The first-order valence-electron chi connectivity index (χ1n) is 11.5. The smallest absolute Gasteiger partial charge is 0.151 e. The van der Waals surface area contributed by atoms with Crippen molar-refractivity contribution >= 4 is 5.82 Å². The van der Waals surface area contributed by atoms with E-state index >= 15 is 0 Å². The molecule has 1 unspecified atom stereocenters. The van der Waals surface area contributed by atoms with Gasteiger partial charge in [0.2, 0.25) is 0 Å². The fourth-order valence-electron chi connectivity index (χ4n) is 5.48. The second kappa shape index (κ2) is 7.09. The number of aromatic nitrogens is 3. The van der Waals surface area contributed by atoms with Crippen LogP contribution < -0.4 is 10.2 Å². The summed E-state index contributed by atoms with van der Waals surface area (Å²) in [6.07, 6.45) is 6.96. The first-order valence-corrected chi connectivity index (χ1v) is 11.0. The van der Waals surface area contributed by atoms with Gasteiger partial charge in [-0.15, -0.1) is 10.2 Å². The van der Waals surface area contributed by atoms with Crippen LogP contribution in [0.5, 0.6) is 5.75 Å². The molecule has 3 atom stereocenters. The fourth-order valence-corrected chi connectivity index (χ4v) is 5.48. The molecule has 31 heavy (non-hydrogen) atoms. The molecule has 2 saturated heterocycles. The lowest BCUT2D eigenvalue weighted by molar-refractivity contribution is 0.207. The Balaban J connectivity index is 1.35. The number of hydrogen-bond acceptors (Lipinski definition) is 5. The van der Waals surface area contributed by atoms with Crippen LogP contribution in [0.25, 0.3) is 22.4 Å². The zero-order valence-corrected chi connectivity index (χ0v) is 18.7. The molecule has 3 aromatic rings. The van der Waals surface area contributed by atoms with Crippen LogP contribution in [0.2, 0.25) is 0 Å². The third kappa shape index (κ3) is 3.69. The largest absolute Gasteiger partial charge is 0.507 e. The molecule has 5 rings (SSSR count). The summed E-state index contributed by atoms with van der Waals surface area (Å²) in [5, 5.41) is 23.4. The van der Waals surface area contributed by atoms with Crippen molar-refractivity contribution in [2.24, 2.45) is 7.05 Å². The maximum atomic E-state index is 10.6. The van der Waals surface area contributed by atoms with Crippen molar-refractivity contribution in [1.82, 2.24) is 20.1 Å². The van der Waals surface area contributed by atoms with Crippen LogP contribution in [0, 0.1) is 0 Å². The predicted octanol–water partition coefficient (Wildman–Crippen LogP) is 4.35. The molecule has 0 amide bonds. The van der Waals surface area contributed by atoms with Gasteiger partial charge in [-0.1, -0.05) is 6.07 Å². The predicted molar refractivity (Wildman–Crippen MR) is 124 cm³/mol. The molecule has 2 bridgehead atoms. The number of nitrogens with zero attached hydrogens (tertiary/aromatic N) is 4. The zero-order valence-electron chi connectivity index (χ0n) is 19.7. The van der Waals surface area contributed by atoms with Gasteiger partial charge in [-0.05, 0) is 81.0 Å². The minimum Gasteiger partial charge on any atom is -0.507 e. The van der Waals surface area contributed by atoms with Gasteiger partial charge in [0.25, 0.3) is 0 Å². The summed E-state index contributed by atoms with van der Waals surface area (Å²) in [5.41, 5.74) is 3.47. The van der Waals surface area contributed by atoms with Gasteiger partial charge >= 0.3 is 0 Å². The molecule has 162 valence electrons. The van der Waals surface area contributed by atoms with Crippen molar-refractivity contribution in [1.29, 1.82) is 0 Å². The highest BCUT2D eigenvalue weighted by Gasteiger charge is 2.49. The van der Waals surface area contributed by atoms with Gasteiger partial charge < -0.3 is 19.9 Å². The van der Waals surface area contributed by atoms with Crippen LogP contribution in [0.3, 0.4) is 0 Å². The summed E-state index contributed by atoms with van der Waals surface area (Å²) in [6.45, 7) is 4.67. The fraction of sp³-hybridized carbons (Fsp3) is 0.440. The van der Waals surface area contributed by atoms with Crippen molar-refractivity contribution in [3.63, 3.8) is 0 Å².